The minimum atomic E-state index is -1.09. The molecule has 0 saturated carbocycles. The second-order valence-corrected chi connectivity index (χ2v) is 4.91. The van der Waals surface area contributed by atoms with Crippen molar-refractivity contribution in [2.45, 2.75) is 6.92 Å². The van der Waals surface area contributed by atoms with E-state index in [1.165, 1.54) is 11.0 Å². The van der Waals surface area contributed by atoms with Gasteiger partial charge in [0.2, 0.25) is 5.91 Å². The number of benzene rings is 1. The summed E-state index contributed by atoms with van der Waals surface area (Å²) in [5.41, 5.74) is 0.370. The Balaban J connectivity index is 2.73. The summed E-state index contributed by atoms with van der Waals surface area (Å²) in [6, 6.07) is 6.27. The fraction of sp³-hybridized carbons (Fsp3) is 0.400. The number of hydrogen-bond donors (Lipinski definition) is 2. The van der Waals surface area contributed by atoms with Gasteiger partial charge in [0.05, 0.1) is 5.92 Å². The Kier molecular flexibility index (Phi) is 6.37. The Labute approximate surface area is 128 Å². The number of nitrogens with one attached hydrogen (secondary N) is 1. The summed E-state index contributed by atoms with van der Waals surface area (Å²) in [5, 5.41) is 11.1. The second-order valence-electron chi connectivity index (χ2n) is 4.91. The molecule has 0 heterocycles. The topological polar surface area (TPSA) is 95.9 Å². The molecule has 0 aliphatic rings. The zero-order valence-electron chi connectivity index (χ0n) is 12.8. The van der Waals surface area contributed by atoms with Crippen LogP contribution in [0.15, 0.2) is 24.3 Å². The van der Waals surface area contributed by atoms with Gasteiger partial charge in [-0.2, -0.15) is 0 Å². The van der Waals surface area contributed by atoms with E-state index in [-0.39, 0.29) is 24.3 Å². The van der Waals surface area contributed by atoms with Crippen LogP contribution in [0.3, 0.4) is 0 Å². The van der Waals surface area contributed by atoms with E-state index < -0.39 is 12.6 Å². The molecular formula is C15H20N2O5. The molecule has 7 heteroatoms. The maximum absolute atomic E-state index is 12.3. The van der Waals surface area contributed by atoms with Crippen LogP contribution in [0.4, 0.5) is 0 Å². The molecule has 2 N–H and O–H groups in total. The Morgan fingerprint density at radius 1 is 1.36 bits per heavy atom. The van der Waals surface area contributed by atoms with Gasteiger partial charge in [-0.3, -0.25) is 9.59 Å². The summed E-state index contributed by atoms with van der Waals surface area (Å²) in [4.78, 5) is 35.7. The Bertz CT molecular complexity index is 559. The summed E-state index contributed by atoms with van der Waals surface area (Å²) >= 11 is 0. The fourth-order valence-electron chi connectivity index (χ4n) is 1.91. The van der Waals surface area contributed by atoms with Crippen LogP contribution in [-0.4, -0.2) is 55.0 Å². The quantitative estimate of drug-likeness (QED) is 0.769. The first-order chi connectivity index (χ1) is 10.3. The van der Waals surface area contributed by atoms with Crippen LogP contribution >= 0.6 is 0 Å². The lowest BCUT2D eigenvalue weighted by atomic mass is 10.1. The van der Waals surface area contributed by atoms with Gasteiger partial charge in [-0.25, -0.2) is 4.79 Å². The molecule has 0 bridgehead atoms. The largest absolute Gasteiger partial charge is 0.482 e. The van der Waals surface area contributed by atoms with Crippen LogP contribution in [0.25, 0.3) is 0 Å². The third-order valence-electron chi connectivity index (χ3n) is 3.03. The van der Waals surface area contributed by atoms with Crippen molar-refractivity contribution in [2.24, 2.45) is 5.92 Å². The van der Waals surface area contributed by atoms with Gasteiger partial charge in [0.15, 0.2) is 6.61 Å². The van der Waals surface area contributed by atoms with Crippen LogP contribution in [0.5, 0.6) is 5.75 Å². The number of ether oxygens (including phenoxy) is 1. The average Bonchev–Trinajstić information content (AvgIpc) is 2.51. The maximum atomic E-state index is 12.3. The SMILES string of the molecule is CNC(=O)C(C)CN(C)C(=O)c1cccc(OCC(=O)O)c1. The number of hydrogen-bond acceptors (Lipinski definition) is 4. The standard InChI is InChI=1S/C15H20N2O5/c1-10(14(20)16-2)8-17(3)15(21)11-5-4-6-12(7-11)22-9-13(18)19/h4-7,10H,8-9H2,1-3H3,(H,16,20)(H,18,19). The predicted octanol–water partition coefficient (Wildman–Crippen LogP) is 0.604. The number of aliphatic carboxylic acids is 1. The third kappa shape index (κ3) is 5.08. The van der Waals surface area contributed by atoms with E-state index in [1.807, 2.05) is 0 Å². The highest BCUT2D eigenvalue weighted by Gasteiger charge is 2.18. The zero-order chi connectivity index (χ0) is 16.7. The van der Waals surface area contributed by atoms with E-state index in [4.69, 9.17) is 9.84 Å². The number of nitrogens with zero attached hydrogens (tertiary/aromatic N) is 1. The fourth-order valence-corrected chi connectivity index (χ4v) is 1.91. The lowest BCUT2D eigenvalue weighted by molar-refractivity contribution is -0.139. The Morgan fingerprint density at radius 2 is 2.05 bits per heavy atom. The van der Waals surface area contributed by atoms with Gasteiger partial charge < -0.3 is 20.1 Å². The van der Waals surface area contributed by atoms with Crippen molar-refractivity contribution < 1.29 is 24.2 Å². The van der Waals surface area contributed by atoms with Crippen molar-refractivity contribution in [1.82, 2.24) is 10.2 Å². The van der Waals surface area contributed by atoms with Crippen molar-refractivity contribution in [3.8, 4) is 5.75 Å². The molecule has 1 unspecified atom stereocenters. The van der Waals surface area contributed by atoms with E-state index in [1.54, 1.807) is 39.2 Å². The second kappa shape index (κ2) is 8.02. The zero-order valence-corrected chi connectivity index (χ0v) is 12.8. The van der Waals surface area contributed by atoms with Gasteiger partial charge in [0, 0.05) is 26.2 Å². The molecular weight excluding hydrogens is 288 g/mol. The summed E-state index contributed by atoms with van der Waals surface area (Å²) in [5.74, 6) is -1.52. The number of amides is 2. The molecule has 1 atom stereocenters. The third-order valence-corrected chi connectivity index (χ3v) is 3.03. The molecule has 120 valence electrons. The lowest BCUT2D eigenvalue weighted by Gasteiger charge is -2.21. The van der Waals surface area contributed by atoms with Crippen molar-refractivity contribution in [3.05, 3.63) is 29.8 Å². The van der Waals surface area contributed by atoms with Crippen LogP contribution < -0.4 is 10.1 Å². The first-order valence-corrected chi connectivity index (χ1v) is 6.77. The monoisotopic (exact) mass is 308 g/mol. The van der Waals surface area contributed by atoms with Gasteiger partial charge in [-0.1, -0.05) is 13.0 Å². The lowest BCUT2D eigenvalue weighted by Crippen LogP contribution is -2.37. The molecule has 1 aromatic carbocycles. The number of carboxylic acid groups (broad SMARTS) is 1. The first kappa shape index (κ1) is 17.5. The molecule has 7 nitrogen and oxygen atoms in total. The van der Waals surface area contributed by atoms with Gasteiger partial charge in [0.1, 0.15) is 5.75 Å². The van der Waals surface area contributed by atoms with Crippen LogP contribution in [0.2, 0.25) is 0 Å². The van der Waals surface area contributed by atoms with Crippen LogP contribution in [0.1, 0.15) is 17.3 Å². The van der Waals surface area contributed by atoms with E-state index in [9.17, 15) is 14.4 Å². The van der Waals surface area contributed by atoms with Crippen LogP contribution in [-0.2, 0) is 9.59 Å². The normalized spacial score (nSPS) is 11.4. The summed E-state index contributed by atoms with van der Waals surface area (Å²) in [7, 11) is 3.15. The van der Waals surface area contributed by atoms with Gasteiger partial charge in [-0.05, 0) is 18.2 Å². The van der Waals surface area contributed by atoms with Gasteiger partial charge in [0.25, 0.3) is 5.91 Å². The summed E-state index contributed by atoms with van der Waals surface area (Å²) in [6.45, 7) is 1.54. The minimum absolute atomic E-state index is 0.141. The molecule has 0 aliphatic heterocycles. The molecule has 0 fully saturated rings. The molecule has 22 heavy (non-hydrogen) atoms. The van der Waals surface area contributed by atoms with Crippen molar-refractivity contribution in [3.63, 3.8) is 0 Å². The number of carbonyl (C=O) groups is 3. The van der Waals surface area contributed by atoms with E-state index in [2.05, 4.69) is 5.32 Å². The van der Waals surface area contributed by atoms with Gasteiger partial charge in [-0.15, -0.1) is 0 Å². The maximum Gasteiger partial charge on any atom is 0.341 e. The Morgan fingerprint density at radius 3 is 2.64 bits per heavy atom. The highest BCUT2D eigenvalue weighted by atomic mass is 16.5. The van der Waals surface area contributed by atoms with E-state index >= 15 is 0 Å². The highest BCUT2D eigenvalue weighted by molar-refractivity contribution is 5.94. The number of carbonyl (C=O) groups excluding carboxylic acids is 2. The summed E-state index contributed by atoms with van der Waals surface area (Å²) in [6.07, 6.45) is 0. The smallest absolute Gasteiger partial charge is 0.341 e. The van der Waals surface area contributed by atoms with Crippen molar-refractivity contribution in [1.29, 1.82) is 0 Å². The highest BCUT2D eigenvalue weighted by Crippen LogP contribution is 2.15. The van der Waals surface area contributed by atoms with Crippen molar-refractivity contribution in [2.75, 3.05) is 27.2 Å². The van der Waals surface area contributed by atoms with Gasteiger partial charge >= 0.3 is 5.97 Å². The molecule has 0 aromatic heterocycles. The summed E-state index contributed by atoms with van der Waals surface area (Å²) < 4.78 is 5.04. The van der Waals surface area contributed by atoms with Crippen LogP contribution in [0, 0.1) is 5.92 Å². The molecule has 0 aliphatic carbocycles. The van der Waals surface area contributed by atoms with E-state index in [0.717, 1.165) is 0 Å². The van der Waals surface area contributed by atoms with E-state index in [0.29, 0.717) is 11.3 Å². The molecule has 0 radical (unpaired) electrons. The number of carboxylic acids is 1. The molecule has 2 amide bonds. The Hall–Kier alpha value is -2.57. The molecule has 0 saturated heterocycles. The average molecular weight is 308 g/mol. The van der Waals surface area contributed by atoms with Crippen molar-refractivity contribution >= 4 is 17.8 Å². The first-order valence-electron chi connectivity index (χ1n) is 6.77. The molecule has 0 spiro atoms. The minimum Gasteiger partial charge on any atom is -0.482 e. The number of rotatable bonds is 7. The molecule has 1 rings (SSSR count). The molecule has 1 aromatic rings. The predicted molar refractivity (Wildman–Crippen MR) is 79.8 cm³/mol.